The maximum Gasteiger partial charge on any atom is 0.0347 e. The third-order valence-corrected chi connectivity index (χ3v) is 4.50. The van der Waals surface area contributed by atoms with Crippen molar-refractivity contribution < 1.29 is 0 Å². The molecule has 2 heterocycles. The van der Waals surface area contributed by atoms with Crippen molar-refractivity contribution in [3.63, 3.8) is 0 Å². The summed E-state index contributed by atoms with van der Waals surface area (Å²) >= 11 is 0. The zero-order valence-electron chi connectivity index (χ0n) is 12.4. The van der Waals surface area contributed by atoms with Crippen LogP contribution in [0.25, 0.3) is 0 Å². The summed E-state index contributed by atoms with van der Waals surface area (Å²) in [4.78, 5) is 7.68. The lowest BCUT2D eigenvalue weighted by atomic mass is 10.1. The number of likely N-dealkylation sites (tertiary alicyclic amines) is 1. The van der Waals surface area contributed by atoms with Gasteiger partial charge in [0, 0.05) is 38.8 Å². The van der Waals surface area contributed by atoms with Crippen LogP contribution >= 0.6 is 0 Å². The quantitative estimate of drug-likeness (QED) is 0.755. The second-order valence-electron chi connectivity index (χ2n) is 6.12. The molecule has 0 radical (unpaired) electrons. The Hall–Kier alpha value is -0.160. The molecular weight excluding hydrogens is 224 g/mol. The van der Waals surface area contributed by atoms with Gasteiger partial charge in [-0.15, -0.1) is 0 Å². The van der Waals surface area contributed by atoms with E-state index in [0.717, 1.165) is 18.5 Å². The van der Waals surface area contributed by atoms with E-state index in [4.69, 9.17) is 0 Å². The Balaban J connectivity index is 1.73. The molecule has 1 N–H and O–H groups in total. The van der Waals surface area contributed by atoms with Crippen LogP contribution in [0, 0.1) is 5.92 Å². The number of likely N-dealkylation sites (N-methyl/N-ethyl adjacent to an activating group) is 2. The molecule has 2 rings (SSSR count). The number of piperazine rings is 1. The van der Waals surface area contributed by atoms with Crippen molar-refractivity contribution in [3.8, 4) is 0 Å². The van der Waals surface area contributed by atoms with Gasteiger partial charge >= 0.3 is 0 Å². The van der Waals surface area contributed by atoms with Gasteiger partial charge in [0.15, 0.2) is 0 Å². The maximum absolute atomic E-state index is 3.48. The minimum atomic E-state index is 0.724. The Bertz CT molecular complexity index is 246. The first-order valence-corrected chi connectivity index (χ1v) is 7.51. The van der Waals surface area contributed by atoms with Gasteiger partial charge in [-0.25, -0.2) is 0 Å². The van der Waals surface area contributed by atoms with Crippen LogP contribution in [0.5, 0.6) is 0 Å². The molecule has 0 aliphatic carbocycles. The summed E-state index contributed by atoms with van der Waals surface area (Å²) in [5.74, 6) is 0.872. The van der Waals surface area contributed by atoms with Crippen molar-refractivity contribution >= 4 is 0 Å². The van der Waals surface area contributed by atoms with Gasteiger partial charge < -0.3 is 15.1 Å². The van der Waals surface area contributed by atoms with Gasteiger partial charge in [-0.1, -0.05) is 6.92 Å². The molecule has 0 bridgehead atoms. The molecule has 0 aromatic carbocycles. The largest absolute Gasteiger partial charge is 0.317 e. The molecule has 2 fully saturated rings. The molecule has 106 valence electrons. The van der Waals surface area contributed by atoms with Crippen LogP contribution < -0.4 is 5.32 Å². The van der Waals surface area contributed by atoms with E-state index in [1.165, 1.54) is 52.2 Å². The third kappa shape index (κ3) is 3.92. The Labute approximate surface area is 112 Å². The number of nitrogens with one attached hydrogen (secondary N) is 1. The molecule has 2 aliphatic heterocycles. The van der Waals surface area contributed by atoms with E-state index in [1.54, 1.807) is 0 Å². The summed E-state index contributed by atoms with van der Waals surface area (Å²) in [5.41, 5.74) is 0. The molecule has 0 saturated carbocycles. The highest BCUT2D eigenvalue weighted by atomic mass is 15.3. The van der Waals surface area contributed by atoms with E-state index in [2.05, 4.69) is 41.0 Å². The van der Waals surface area contributed by atoms with Crippen LogP contribution in [-0.2, 0) is 0 Å². The van der Waals surface area contributed by atoms with Gasteiger partial charge in [0.1, 0.15) is 0 Å². The summed E-state index contributed by atoms with van der Waals surface area (Å²) in [7, 11) is 4.53. The highest BCUT2D eigenvalue weighted by molar-refractivity contribution is 4.85. The topological polar surface area (TPSA) is 21.8 Å². The number of hydrogen-bond acceptors (Lipinski definition) is 4. The summed E-state index contributed by atoms with van der Waals surface area (Å²) in [6.07, 6.45) is 1.37. The van der Waals surface area contributed by atoms with E-state index in [9.17, 15) is 0 Å². The van der Waals surface area contributed by atoms with E-state index >= 15 is 0 Å². The second-order valence-corrected chi connectivity index (χ2v) is 6.12. The van der Waals surface area contributed by atoms with Gasteiger partial charge in [0.25, 0.3) is 0 Å². The van der Waals surface area contributed by atoms with E-state index in [0.29, 0.717) is 0 Å². The highest BCUT2D eigenvalue weighted by Crippen LogP contribution is 2.17. The van der Waals surface area contributed by atoms with Crippen LogP contribution in [0.2, 0.25) is 0 Å². The minimum Gasteiger partial charge on any atom is -0.317 e. The van der Waals surface area contributed by atoms with Crippen LogP contribution in [0.15, 0.2) is 0 Å². The van der Waals surface area contributed by atoms with Crippen molar-refractivity contribution in [2.45, 2.75) is 19.4 Å². The zero-order chi connectivity index (χ0) is 13.0. The molecule has 2 saturated heterocycles. The van der Waals surface area contributed by atoms with Crippen LogP contribution in [-0.4, -0.2) is 87.2 Å². The third-order valence-electron chi connectivity index (χ3n) is 4.50. The fourth-order valence-corrected chi connectivity index (χ4v) is 3.19. The standard InChI is InChI=1S/C14H30N4/c1-4-15-9-13-5-6-18(10-13)12-14-11-16(2)7-8-17(14)3/h13-15H,4-12H2,1-3H3. The predicted molar refractivity (Wildman–Crippen MR) is 77.0 cm³/mol. The van der Waals surface area contributed by atoms with Gasteiger partial charge in [-0.05, 0) is 46.1 Å². The smallest absolute Gasteiger partial charge is 0.0347 e. The average molecular weight is 254 g/mol. The Morgan fingerprint density at radius 3 is 2.72 bits per heavy atom. The van der Waals surface area contributed by atoms with Crippen molar-refractivity contribution in [3.05, 3.63) is 0 Å². The lowest BCUT2D eigenvalue weighted by Gasteiger charge is -2.39. The van der Waals surface area contributed by atoms with Crippen molar-refractivity contribution in [1.82, 2.24) is 20.0 Å². The molecule has 2 atom stereocenters. The lowest BCUT2D eigenvalue weighted by Crippen LogP contribution is -2.54. The van der Waals surface area contributed by atoms with Gasteiger partial charge in [-0.2, -0.15) is 0 Å². The summed E-state index contributed by atoms with van der Waals surface area (Å²) < 4.78 is 0. The Morgan fingerprint density at radius 1 is 1.11 bits per heavy atom. The number of hydrogen-bond donors (Lipinski definition) is 1. The molecule has 18 heavy (non-hydrogen) atoms. The SMILES string of the molecule is CCNCC1CCN(CC2CN(C)CCN2C)C1. The molecule has 0 amide bonds. The predicted octanol–water partition coefficient (Wildman–Crippen LogP) is 0.164. The fourth-order valence-electron chi connectivity index (χ4n) is 3.19. The molecule has 0 aromatic heterocycles. The van der Waals surface area contributed by atoms with E-state index < -0.39 is 0 Å². The first-order chi connectivity index (χ1) is 8.69. The van der Waals surface area contributed by atoms with Crippen molar-refractivity contribution in [2.24, 2.45) is 5.92 Å². The number of nitrogens with zero attached hydrogens (tertiary/aromatic N) is 3. The first-order valence-electron chi connectivity index (χ1n) is 7.51. The second kappa shape index (κ2) is 6.85. The van der Waals surface area contributed by atoms with Gasteiger partial charge in [0.05, 0.1) is 0 Å². The first kappa shape index (κ1) is 14.3. The van der Waals surface area contributed by atoms with E-state index in [1.807, 2.05) is 0 Å². The monoisotopic (exact) mass is 254 g/mol. The molecule has 2 aliphatic rings. The normalized spacial score (nSPS) is 32.2. The van der Waals surface area contributed by atoms with Crippen LogP contribution in [0.3, 0.4) is 0 Å². The van der Waals surface area contributed by atoms with Crippen molar-refractivity contribution in [1.29, 1.82) is 0 Å². The Morgan fingerprint density at radius 2 is 1.94 bits per heavy atom. The molecule has 2 unspecified atom stereocenters. The minimum absolute atomic E-state index is 0.724. The average Bonchev–Trinajstić information content (AvgIpc) is 2.79. The van der Waals surface area contributed by atoms with Crippen LogP contribution in [0.4, 0.5) is 0 Å². The zero-order valence-corrected chi connectivity index (χ0v) is 12.4. The summed E-state index contributed by atoms with van der Waals surface area (Å²) in [6.45, 7) is 12.0. The molecule has 4 nitrogen and oxygen atoms in total. The molecular formula is C14H30N4. The molecule has 0 spiro atoms. The maximum atomic E-state index is 3.48. The molecule has 4 heteroatoms. The van der Waals surface area contributed by atoms with Crippen molar-refractivity contribution in [2.75, 3.05) is 66.5 Å². The molecule has 0 aromatic rings. The fraction of sp³-hybridized carbons (Fsp3) is 1.00. The highest BCUT2D eigenvalue weighted by Gasteiger charge is 2.28. The lowest BCUT2D eigenvalue weighted by molar-refractivity contribution is 0.0880. The van der Waals surface area contributed by atoms with Gasteiger partial charge in [0.2, 0.25) is 0 Å². The summed E-state index contributed by atoms with van der Waals surface area (Å²) in [6, 6.07) is 0.724. The summed E-state index contributed by atoms with van der Waals surface area (Å²) in [5, 5.41) is 3.48. The van der Waals surface area contributed by atoms with Crippen LogP contribution in [0.1, 0.15) is 13.3 Å². The van der Waals surface area contributed by atoms with Gasteiger partial charge in [-0.3, -0.25) is 4.90 Å². The number of rotatable bonds is 5. The Kier molecular flexibility index (Phi) is 5.42. The van der Waals surface area contributed by atoms with E-state index in [-0.39, 0.29) is 0 Å².